The minimum atomic E-state index is -0.425. The molecule has 0 aliphatic heterocycles. The molecule has 0 aliphatic carbocycles. The molecule has 166 valence electrons. The Labute approximate surface area is 188 Å². The molecule has 0 bridgehead atoms. The van der Waals surface area contributed by atoms with E-state index in [1.54, 1.807) is 0 Å². The second-order valence-corrected chi connectivity index (χ2v) is 7.24. The van der Waals surface area contributed by atoms with Gasteiger partial charge in [-0.05, 0) is 35.2 Å². The maximum absolute atomic E-state index is 12.2. The smallest absolute Gasteiger partial charge is 0.323 e. The van der Waals surface area contributed by atoms with Crippen molar-refractivity contribution in [3.8, 4) is 5.75 Å². The van der Waals surface area contributed by atoms with Gasteiger partial charge in [-0.3, -0.25) is 9.69 Å². The summed E-state index contributed by atoms with van der Waals surface area (Å²) in [7, 11) is 0. The molecule has 0 heterocycles. The second kappa shape index (κ2) is 12.9. The van der Waals surface area contributed by atoms with Crippen LogP contribution in [0.4, 0.5) is 4.79 Å². The van der Waals surface area contributed by atoms with Crippen molar-refractivity contribution < 1.29 is 19.1 Å². The molecule has 3 aromatic rings. The molecule has 3 aromatic carbocycles. The van der Waals surface area contributed by atoms with Crippen molar-refractivity contribution in [3.63, 3.8) is 0 Å². The van der Waals surface area contributed by atoms with Crippen LogP contribution in [0.15, 0.2) is 84.9 Å². The summed E-state index contributed by atoms with van der Waals surface area (Å²) in [5, 5.41) is 2.71. The summed E-state index contributed by atoms with van der Waals surface area (Å²) in [4.78, 5) is 24.7. The lowest BCUT2D eigenvalue weighted by Crippen LogP contribution is -2.41. The van der Waals surface area contributed by atoms with Gasteiger partial charge in [0.25, 0.3) is 0 Å². The number of ether oxygens (including phenoxy) is 2. The molecule has 0 spiro atoms. The Kier molecular flexibility index (Phi) is 9.30. The minimum Gasteiger partial charge on any atom is -0.489 e. The van der Waals surface area contributed by atoms with Crippen molar-refractivity contribution in [2.75, 3.05) is 19.7 Å². The van der Waals surface area contributed by atoms with Gasteiger partial charge in [0.15, 0.2) is 0 Å². The number of hydrogen-bond donors (Lipinski definition) is 1. The lowest BCUT2D eigenvalue weighted by Gasteiger charge is -2.16. The van der Waals surface area contributed by atoms with Gasteiger partial charge in [-0.1, -0.05) is 72.8 Å². The molecule has 0 aliphatic rings. The van der Waals surface area contributed by atoms with E-state index in [9.17, 15) is 9.59 Å². The summed E-state index contributed by atoms with van der Waals surface area (Å²) in [6.45, 7) is 2.00. The molecule has 3 amide bonds. The summed E-state index contributed by atoms with van der Waals surface area (Å²) in [5.41, 5.74) is 3.20. The van der Waals surface area contributed by atoms with Crippen molar-refractivity contribution in [3.05, 3.63) is 102 Å². The van der Waals surface area contributed by atoms with Crippen LogP contribution in [0.5, 0.6) is 5.75 Å². The van der Waals surface area contributed by atoms with E-state index in [4.69, 9.17) is 9.47 Å². The van der Waals surface area contributed by atoms with Crippen LogP contribution >= 0.6 is 0 Å². The van der Waals surface area contributed by atoms with Crippen LogP contribution in [0.2, 0.25) is 0 Å². The average Bonchev–Trinajstić information content (AvgIpc) is 2.85. The zero-order valence-corrected chi connectivity index (χ0v) is 18.0. The molecule has 0 unspecified atom stereocenters. The van der Waals surface area contributed by atoms with Crippen molar-refractivity contribution in [2.45, 2.75) is 19.6 Å². The third-order valence-corrected chi connectivity index (χ3v) is 4.84. The molecular weight excluding hydrogens is 404 g/mol. The number of urea groups is 1. The van der Waals surface area contributed by atoms with Crippen molar-refractivity contribution in [1.29, 1.82) is 0 Å². The number of carbonyl (C=O) groups excluding carboxylic acids is 2. The third-order valence-electron chi connectivity index (χ3n) is 4.84. The lowest BCUT2D eigenvalue weighted by atomic mass is 10.1. The predicted molar refractivity (Wildman–Crippen MR) is 123 cm³/mol. The number of hydrogen-bond acceptors (Lipinski definition) is 4. The topological polar surface area (TPSA) is 67.9 Å². The fourth-order valence-corrected chi connectivity index (χ4v) is 3.04. The fourth-order valence-electron chi connectivity index (χ4n) is 3.04. The number of rotatable bonds is 12. The fraction of sp³-hybridized carbons (Fsp3) is 0.231. The number of nitrogens with one attached hydrogen (secondary N) is 1. The summed E-state index contributed by atoms with van der Waals surface area (Å²) in [6, 6.07) is 27.0. The summed E-state index contributed by atoms with van der Waals surface area (Å²) >= 11 is 0. The van der Waals surface area contributed by atoms with Crippen LogP contribution in [0.25, 0.3) is 0 Å². The molecule has 3 rings (SSSR count). The Morgan fingerprint density at radius 1 is 0.812 bits per heavy atom. The molecule has 0 saturated carbocycles. The molecule has 0 atom stereocenters. The van der Waals surface area contributed by atoms with Gasteiger partial charge in [-0.15, -0.1) is 0 Å². The van der Waals surface area contributed by atoms with Crippen LogP contribution < -0.4 is 10.1 Å². The zero-order chi connectivity index (χ0) is 22.4. The predicted octanol–water partition coefficient (Wildman–Crippen LogP) is 4.19. The third kappa shape index (κ3) is 7.89. The van der Waals surface area contributed by atoms with E-state index in [1.807, 2.05) is 84.9 Å². The highest BCUT2D eigenvalue weighted by atomic mass is 16.5. The summed E-state index contributed by atoms with van der Waals surface area (Å²) < 4.78 is 11.3. The lowest BCUT2D eigenvalue weighted by molar-refractivity contribution is -0.115. The number of imide groups is 1. The highest BCUT2D eigenvalue weighted by Crippen LogP contribution is 2.15. The number of amides is 3. The van der Waals surface area contributed by atoms with Crippen LogP contribution in [0.1, 0.15) is 16.7 Å². The van der Waals surface area contributed by atoms with Gasteiger partial charge in [-0.2, -0.15) is 0 Å². The van der Waals surface area contributed by atoms with Gasteiger partial charge in [0, 0.05) is 13.1 Å². The first kappa shape index (κ1) is 23.0. The molecule has 0 fully saturated rings. The normalized spacial score (nSPS) is 10.4. The Hall–Kier alpha value is -3.64. The van der Waals surface area contributed by atoms with Crippen LogP contribution in [-0.2, 0) is 29.2 Å². The van der Waals surface area contributed by atoms with Crippen LogP contribution in [0.3, 0.4) is 0 Å². The largest absolute Gasteiger partial charge is 0.489 e. The highest BCUT2D eigenvalue weighted by Gasteiger charge is 2.11. The molecule has 0 aromatic heterocycles. The summed E-state index contributed by atoms with van der Waals surface area (Å²) in [6.07, 6.45) is 1.12. The van der Waals surface area contributed by atoms with Gasteiger partial charge in [0.2, 0.25) is 6.41 Å². The van der Waals surface area contributed by atoms with E-state index in [1.165, 1.54) is 0 Å². The molecule has 6 nitrogen and oxygen atoms in total. The van der Waals surface area contributed by atoms with Crippen molar-refractivity contribution in [2.24, 2.45) is 0 Å². The number of carbonyl (C=O) groups is 2. The van der Waals surface area contributed by atoms with Gasteiger partial charge >= 0.3 is 6.03 Å². The molecule has 32 heavy (non-hydrogen) atoms. The van der Waals surface area contributed by atoms with E-state index in [0.29, 0.717) is 45.7 Å². The molecule has 0 radical (unpaired) electrons. The first-order chi connectivity index (χ1) is 15.7. The molecule has 6 heteroatoms. The van der Waals surface area contributed by atoms with Crippen molar-refractivity contribution >= 4 is 12.4 Å². The minimum absolute atomic E-state index is 0.296. The Bertz CT molecular complexity index is 947. The van der Waals surface area contributed by atoms with E-state index in [2.05, 4.69) is 5.32 Å². The van der Waals surface area contributed by atoms with E-state index < -0.39 is 6.03 Å². The summed E-state index contributed by atoms with van der Waals surface area (Å²) in [5.74, 6) is 0.776. The monoisotopic (exact) mass is 432 g/mol. The maximum Gasteiger partial charge on any atom is 0.323 e. The van der Waals surface area contributed by atoms with Gasteiger partial charge in [0.1, 0.15) is 12.4 Å². The maximum atomic E-state index is 12.2. The molecular formula is C26H28N2O4. The second-order valence-electron chi connectivity index (χ2n) is 7.24. The highest BCUT2D eigenvalue weighted by molar-refractivity contribution is 5.84. The van der Waals surface area contributed by atoms with Gasteiger partial charge in [-0.25, -0.2) is 4.79 Å². The Morgan fingerprint density at radius 2 is 1.44 bits per heavy atom. The Morgan fingerprint density at radius 3 is 2.06 bits per heavy atom. The van der Waals surface area contributed by atoms with Crippen molar-refractivity contribution in [1.82, 2.24) is 10.2 Å². The van der Waals surface area contributed by atoms with Crippen LogP contribution in [-0.4, -0.2) is 37.0 Å². The molecule has 0 saturated heterocycles. The number of nitrogens with zero attached hydrogens (tertiary/aromatic N) is 1. The first-order valence-electron chi connectivity index (χ1n) is 10.6. The van der Waals surface area contributed by atoms with Gasteiger partial charge < -0.3 is 14.8 Å². The van der Waals surface area contributed by atoms with E-state index >= 15 is 0 Å². The van der Waals surface area contributed by atoms with E-state index in [-0.39, 0.29) is 0 Å². The van der Waals surface area contributed by atoms with E-state index in [0.717, 1.165) is 27.3 Å². The Balaban J connectivity index is 1.34. The average molecular weight is 433 g/mol. The number of benzene rings is 3. The zero-order valence-electron chi connectivity index (χ0n) is 18.0. The first-order valence-corrected chi connectivity index (χ1v) is 10.6. The molecule has 1 N–H and O–H groups in total. The van der Waals surface area contributed by atoms with Crippen LogP contribution in [0, 0.1) is 0 Å². The standard InChI is InChI=1S/C26H28N2O4/c29-21-28(26(30)27-16-18-31-19-23-7-3-1-4-8-23)17-15-22-11-13-25(14-12-22)32-20-24-9-5-2-6-10-24/h1-14,21H,15-20H2,(H,27,30). The van der Waals surface area contributed by atoms with Gasteiger partial charge in [0.05, 0.1) is 13.2 Å². The quantitative estimate of drug-likeness (QED) is 0.344. The SMILES string of the molecule is O=CN(CCc1ccc(OCc2ccccc2)cc1)C(=O)NCCOCc1ccccc1.